The third-order valence-electron chi connectivity index (χ3n) is 4.73. The van der Waals surface area contributed by atoms with E-state index in [1.165, 1.54) is 11.1 Å². The van der Waals surface area contributed by atoms with Gasteiger partial charge in [0.1, 0.15) is 11.4 Å². The summed E-state index contributed by atoms with van der Waals surface area (Å²) < 4.78 is 7.47. The van der Waals surface area contributed by atoms with Crippen LogP contribution >= 0.6 is 15.9 Å². The molecule has 4 rings (SSSR count). The average molecular weight is 367 g/mol. The first kappa shape index (κ1) is 14.5. The van der Waals surface area contributed by atoms with Crippen molar-refractivity contribution in [3.05, 3.63) is 63.6 Å². The molecule has 0 N–H and O–H groups in total. The molecular weight excluding hydrogens is 352 g/mol. The second-order valence-corrected chi connectivity index (χ2v) is 7.00. The molecule has 0 saturated heterocycles. The fourth-order valence-corrected chi connectivity index (χ4v) is 4.12. The van der Waals surface area contributed by atoms with E-state index in [2.05, 4.69) is 45.2 Å². The Bertz CT molecular complexity index is 853. The number of aliphatic imine (C=N–C) groups is 1. The van der Waals surface area contributed by atoms with E-state index in [1.54, 1.807) is 0 Å². The molecular formula is C19H15BrN2O. The Hall–Kier alpha value is -2.12. The Morgan fingerprint density at radius 3 is 2.96 bits per heavy atom. The van der Waals surface area contributed by atoms with E-state index in [9.17, 15) is 0 Å². The van der Waals surface area contributed by atoms with Crippen molar-refractivity contribution in [1.82, 2.24) is 0 Å². The van der Waals surface area contributed by atoms with Crippen molar-refractivity contribution < 1.29 is 4.74 Å². The molecule has 2 aromatic carbocycles. The molecule has 23 heavy (non-hydrogen) atoms. The molecule has 1 aliphatic heterocycles. The number of benzene rings is 2. The first-order valence-electron chi connectivity index (χ1n) is 7.75. The van der Waals surface area contributed by atoms with Crippen LogP contribution in [-0.2, 0) is 12.0 Å². The highest BCUT2D eigenvalue weighted by atomic mass is 79.9. The molecule has 0 amide bonds. The monoisotopic (exact) mass is 366 g/mol. The quantitative estimate of drug-likeness (QED) is 0.632. The van der Waals surface area contributed by atoms with Gasteiger partial charge in [0, 0.05) is 16.5 Å². The maximum absolute atomic E-state index is 9.11. The van der Waals surface area contributed by atoms with E-state index < -0.39 is 5.60 Å². The van der Waals surface area contributed by atoms with Crippen molar-refractivity contribution in [2.45, 2.75) is 31.3 Å². The molecule has 0 radical (unpaired) electrons. The highest BCUT2D eigenvalue weighted by molar-refractivity contribution is 9.10. The second kappa shape index (κ2) is 5.50. The maximum Gasteiger partial charge on any atom is 0.205 e. The lowest BCUT2D eigenvalue weighted by Gasteiger charge is -2.43. The Morgan fingerprint density at radius 2 is 2.09 bits per heavy atom. The molecule has 0 bridgehead atoms. The maximum atomic E-state index is 9.11. The average Bonchev–Trinajstić information content (AvgIpc) is 2.56. The van der Waals surface area contributed by atoms with E-state index in [0.717, 1.165) is 40.8 Å². The summed E-state index contributed by atoms with van der Waals surface area (Å²) >= 11 is 3.49. The highest BCUT2D eigenvalue weighted by Gasteiger charge is 2.43. The second-order valence-electron chi connectivity index (χ2n) is 6.08. The normalized spacial score (nSPS) is 23.7. The van der Waals surface area contributed by atoms with Gasteiger partial charge in [-0.3, -0.25) is 0 Å². The summed E-state index contributed by atoms with van der Waals surface area (Å²) in [6.07, 6.45) is 5.72. The van der Waals surface area contributed by atoms with Crippen LogP contribution in [-0.4, -0.2) is 5.71 Å². The third-order valence-corrected chi connectivity index (χ3v) is 5.22. The van der Waals surface area contributed by atoms with E-state index in [-0.39, 0.29) is 0 Å². The molecule has 1 atom stereocenters. The molecule has 0 aromatic heterocycles. The number of nitriles is 1. The van der Waals surface area contributed by atoms with Gasteiger partial charge in [-0.05, 0) is 48.6 Å². The van der Waals surface area contributed by atoms with Crippen LogP contribution in [0.1, 0.15) is 36.0 Å². The Morgan fingerprint density at radius 1 is 1.22 bits per heavy atom. The first-order valence-corrected chi connectivity index (χ1v) is 8.54. The smallest absolute Gasteiger partial charge is 0.205 e. The number of fused-ring (bicyclic) bond motifs is 3. The van der Waals surface area contributed by atoms with Crippen LogP contribution in [0, 0.1) is 11.5 Å². The van der Waals surface area contributed by atoms with Gasteiger partial charge >= 0.3 is 0 Å². The summed E-state index contributed by atoms with van der Waals surface area (Å²) in [4.78, 5) is 4.11. The number of halogens is 1. The van der Waals surface area contributed by atoms with Crippen molar-refractivity contribution in [1.29, 1.82) is 5.26 Å². The van der Waals surface area contributed by atoms with Gasteiger partial charge in [0.05, 0.1) is 5.71 Å². The van der Waals surface area contributed by atoms with E-state index in [4.69, 9.17) is 10.00 Å². The standard InChI is InChI=1S/C19H15BrN2O/c20-14-7-8-18-15(10-14)17(22-12-21)11-19(23-18)9-3-5-13-4-1-2-6-16(13)19/h1-2,4,6-8,10H,3,5,9,11H2. The number of hydrogen-bond donors (Lipinski definition) is 0. The van der Waals surface area contributed by atoms with E-state index >= 15 is 0 Å². The predicted octanol–water partition coefficient (Wildman–Crippen LogP) is 4.73. The topological polar surface area (TPSA) is 45.4 Å². The molecule has 4 heteroatoms. The molecule has 1 aliphatic carbocycles. The molecule has 3 nitrogen and oxygen atoms in total. The number of ether oxygens (including phenoxy) is 1. The molecule has 2 aromatic rings. The van der Waals surface area contributed by atoms with Gasteiger partial charge in [-0.1, -0.05) is 40.2 Å². The molecule has 1 spiro atoms. The highest BCUT2D eigenvalue weighted by Crippen LogP contribution is 2.47. The van der Waals surface area contributed by atoms with Crippen molar-refractivity contribution in [2.24, 2.45) is 4.99 Å². The molecule has 1 unspecified atom stereocenters. The van der Waals surface area contributed by atoms with Gasteiger partial charge in [-0.15, -0.1) is 0 Å². The summed E-state index contributed by atoms with van der Waals surface area (Å²) in [5, 5.41) is 9.11. The summed E-state index contributed by atoms with van der Waals surface area (Å²) in [6.45, 7) is 0. The summed E-state index contributed by atoms with van der Waals surface area (Å²) in [5.74, 6) is 0.810. The zero-order valence-corrected chi connectivity index (χ0v) is 14.1. The molecule has 0 fully saturated rings. The lowest BCUT2D eigenvalue weighted by molar-refractivity contribution is 0.0491. The van der Waals surface area contributed by atoms with Crippen LogP contribution in [0.5, 0.6) is 5.75 Å². The zero-order valence-electron chi connectivity index (χ0n) is 12.6. The Balaban J connectivity index is 1.90. The summed E-state index contributed by atoms with van der Waals surface area (Å²) in [5.41, 5.74) is 3.91. The van der Waals surface area contributed by atoms with Crippen molar-refractivity contribution in [3.8, 4) is 11.9 Å². The third kappa shape index (κ3) is 2.36. The van der Waals surface area contributed by atoms with Crippen molar-refractivity contribution in [3.63, 3.8) is 0 Å². The van der Waals surface area contributed by atoms with Gasteiger partial charge in [-0.25, -0.2) is 0 Å². The van der Waals surface area contributed by atoms with Gasteiger partial charge in [0.25, 0.3) is 0 Å². The minimum absolute atomic E-state index is 0.397. The fourth-order valence-electron chi connectivity index (χ4n) is 3.76. The van der Waals surface area contributed by atoms with Gasteiger partial charge in [-0.2, -0.15) is 10.3 Å². The van der Waals surface area contributed by atoms with Crippen LogP contribution in [0.3, 0.4) is 0 Å². The minimum atomic E-state index is -0.397. The number of aryl methyl sites for hydroxylation is 1. The Labute approximate surface area is 143 Å². The van der Waals surface area contributed by atoms with Gasteiger partial charge in [0.15, 0.2) is 0 Å². The zero-order chi connectivity index (χ0) is 15.9. The Kier molecular flexibility index (Phi) is 3.46. The number of rotatable bonds is 0. The van der Waals surface area contributed by atoms with Crippen molar-refractivity contribution >= 4 is 21.6 Å². The summed E-state index contributed by atoms with van der Waals surface area (Å²) in [7, 11) is 0. The van der Waals surface area contributed by atoms with Crippen LogP contribution in [0.2, 0.25) is 0 Å². The summed E-state index contributed by atoms with van der Waals surface area (Å²) in [6, 6.07) is 14.4. The minimum Gasteiger partial charge on any atom is -0.481 e. The molecule has 114 valence electrons. The van der Waals surface area contributed by atoms with Crippen LogP contribution < -0.4 is 4.74 Å². The lowest BCUT2D eigenvalue weighted by atomic mass is 9.74. The largest absolute Gasteiger partial charge is 0.481 e. The number of hydrogen-bond acceptors (Lipinski definition) is 3. The predicted molar refractivity (Wildman–Crippen MR) is 92.6 cm³/mol. The van der Waals surface area contributed by atoms with E-state index in [0.29, 0.717) is 6.42 Å². The fraction of sp³-hybridized carbons (Fsp3) is 0.263. The molecule has 0 saturated carbocycles. The van der Waals surface area contributed by atoms with E-state index in [1.807, 2.05) is 24.4 Å². The van der Waals surface area contributed by atoms with Crippen molar-refractivity contribution in [2.75, 3.05) is 0 Å². The van der Waals surface area contributed by atoms with Gasteiger partial charge in [0.2, 0.25) is 6.19 Å². The molecule has 1 heterocycles. The van der Waals surface area contributed by atoms with Crippen LogP contribution in [0.25, 0.3) is 0 Å². The van der Waals surface area contributed by atoms with Crippen LogP contribution in [0.4, 0.5) is 0 Å². The number of nitrogens with zero attached hydrogens (tertiary/aromatic N) is 2. The van der Waals surface area contributed by atoms with Gasteiger partial charge < -0.3 is 4.74 Å². The lowest BCUT2D eigenvalue weighted by Crippen LogP contribution is -2.42. The molecule has 2 aliphatic rings. The SMILES string of the molecule is N#CN=C1CC2(CCCc3ccccc32)Oc2ccc(Br)cc21. The van der Waals surface area contributed by atoms with Crippen LogP contribution in [0.15, 0.2) is 51.9 Å². The first-order chi connectivity index (χ1) is 11.2.